The first-order valence-corrected chi connectivity index (χ1v) is 9.37. The zero-order chi connectivity index (χ0) is 19.6. The van der Waals surface area contributed by atoms with Gasteiger partial charge >= 0.3 is 0 Å². The lowest BCUT2D eigenvalue weighted by atomic mass is 9.96. The van der Waals surface area contributed by atoms with Gasteiger partial charge in [-0.15, -0.1) is 0 Å². The van der Waals surface area contributed by atoms with E-state index in [4.69, 9.17) is 4.74 Å². The summed E-state index contributed by atoms with van der Waals surface area (Å²) in [5.41, 5.74) is 0. The molecule has 25 heavy (non-hydrogen) atoms. The average Bonchev–Trinajstić information content (AvgIpc) is 2.58. The first-order valence-electron chi connectivity index (χ1n) is 9.37. The Balaban J connectivity index is 5.34. The van der Waals surface area contributed by atoms with E-state index in [9.17, 15) is 0 Å². The van der Waals surface area contributed by atoms with E-state index < -0.39 is 0 Å². The van der Waals surface area contributed by atoms with Crippen molar-refractivity contribution in [1.29, 1.82) is 0 Å². The lowest BCUT2D eigenvalue weighted by molar-refractivity contribution is -0.112. The minimum Gasteiger partial charge on any atom is -0.345 e. The molecule has 0 bridgehead atoms. The van der Waals surface area contributed by atoms with Gasteiger partial charge in [0, 0.05) is 37.0 Å². The van der Waals surface area contributed by atoms with E-state index >= 15 is 0 Å². The van der Waals surface area contributed by atoms with E-state index in [1.54, 1.807) is 0 Å². The Kier molecular flexibility index (Phi) is 12.8. The molecule has 0 heterocycles. The molecule has 0 aromatic carbocycles. The van der Waals surface area contributed by atoms with E-state index in [1.807, 2.05) is 28.2 Å². The highest BCUT2D eigenvalue weighted by Crippen LogP contribution is 2.20. The maximum Gasteiger partial charge on any atom is 0.115 e. The fraction of sp³-hybridized carbons (Fsp3) is 1.00. The third-order valence-electron chi connectivity index (χ3n) is 5.39. The molecule has 0 amide bonds. The van der Waals surface area contributed by atoms with Gasteiger partial charge in [-0.3, -0.25) is 10.6 Å². The molecule has 7 heteroatoms. The lowest BCUT2D eigenvalue weighted by Crippen LogP contribution is -2.56. The molecule has 0 saturated carbocycles. The van der Waals surface area contributed by atoms with Crippen LogP contribution in [0.1, 0.15) is 13.8 Å². The molecule has 0 saturated heterocycles. The fourth-order valence-corrected chi connectivity index (χ4v) is 3.22. The van der Waals surface area contributed by atoms with Crippen LogP contribution in [0.25, 0.3) is 0 Å². The predicted molar refractivity (Wildman–Crippen MR) is 108 cm³/mol. The van der Waals surface area contributed by atoms with Gasteiger partial charge in [0.15, 0.2) is 0 Å². The number of ether oxygens (including phenoxy) is 1. The quantitative estimate of drug-likeness (QED) is 0.316. The molecule has 6 unspecified atom stereocenters. The van der Waals surface area contributed by atoms with Gasteiger partial charge in [-0.2, -0.15) is 0 Å². The van der Waals surface area contributed by atoms with Crippen LogP contribution in [0, 0.1) is 11.8 Å². The molecule has 0 rings (SSSR count). The number of hydrogen-bond donors (Lipinski definition) is 4. The number of hydrogen-bond acceptors (Lipinski definition) is 7. The minimum atomic E-state index is -0.0454. The Morgan fingerprint density at radius 1 is 0.680 bits per heavy atom. The molecular formula is C18H44N6O. The van der Waals surface area contributed by atoms with Crippen molar-refractivity contribution in [3.05, 3.63) is 0 Å². The zero-order valence-corrected chi connectivity index (χ0v) is 18.2. The van der Waals surface area contributed by atoms with Crippen LogP contribution in [-0.4, -0.2) is 104 Å². The third kappa shape index (κ3) is 7.86. The van der Waals surface area contributed by atoms with Crippen molar-refractivity contribution >= 4 is 0 Å². The number of nitrogens with one attached hydrogen (secondary N) is 4. The van der Waals surface area contributed by atoms with Crippen LogP contribution in [-0.2, 0) is 4.74 Å². The smallest absolute Gasteiger partial charge is 0.115 e. The van der Waals surface area contributed by atoms with Gasteiger partial charge in [0.2, 0.25) is 0 Å². The maximum absolute atomic E-state index is 6.57. The van der Waals surface area contributed by atoms with Crippen LogP contribution < -0.4 is 21.3 Å². The van der Waals surface area contributed by atoms with Gasteiger partial charge in [-0.25, -0.2) is 0 Å². The molecule has 0 fully saturated rings. The molecule has 0 aliphatic heterocycles. The molecule has 7 nitrogen and oxygen atoms in total. The Labute approximate surface area is 156 Å². The second-order valence-electron chi connectivity index (χ2n) is 7.41. The standard InChI is InChI=1S/C18H44N6O/c1-13(23(7)8)15(11-19-3)17(21-5)25-18(22-6)16(12-20-4)14(2)24(9)10/h13-22H,11-12H2,1-10H3. The summed E-state index contributed by atoms with van der Waals surface area (Å²) < 4.78 is 6.57. The summed E-state index contributed by atoms with van der Waals surface area (Å²) in [7, 11) is 16.4. The van der Waals surface area contributed by atoms with Crippen LogP contribution in [0.4, 0.5) is 0 Å². The Morgan fingerprint density at radius 3 is 1.20 bits per heavy atom. The summed E-state index contributed by atoms with van der Waals surface area (Å²) in [6.45, 7) is 6.28. The molecule has 6 atom stereocenters. The van der Waals surface area contributed by atoms with Crippen LogP contribution in [0.5, 0.6) is 0 Å². The summed E-state index contributed by atoms with van der Waals surface area (Å²) in [5, 5.41) is 13.4. The topological polar surface area (TPSA) is 63.8 Å². The van der Waals surface area contributed by atoms with E-state index in [-0.39, 0.29) is 12.5 Å². The third-order valence-corrected chi connectivity index (χ3v) is 5.39. The largest absolute Gasteiger partial charge is 0.345 e. The second kappa shape index (κ2) is 13.0. The molecule has 0 aliphatic carbocycles. The highest BCUT2D eigenvalue weighted by molar-refractivity contribution is 4.84. The highest BCUT2D eigenvalue weighted by atomic mass is 16.5. The van der Waals surface area contributed by atoms with Crippen molar-refractivity contribution in [2.24, 2.45) is 11.8 Å². The van der Waals surface area contributed by atoms with Crippen LogP contribution in [0.2, 0.25) is 0 Å². The SMILES string of the molecule is CNCC(C(NC)OC(NC)C(CNC)C(C)N(C)C)C(C)N(C)C. The normalized spacial score (nSPS) is 19.7. The fourth-order valence-electron chi connectivity index (χ4n) is 3.22. The highest BCUT2D eigenvalue weighted by Gasteiger charge is 2.34. The van der Waals surface area contributed by atoms with Crippen molar-refractivity contribution < 1.29 is 4.74 Å². The van der Waals surface area contributed by atoms with Crippen LogP contribution in [0.15, 0.2) is 0 Å². The van der Waals surface area contributed by atoms with Gasteiger partial charge < -0.3 is 25.2 Å². The summed E-state index contributed by atoms with van der Waals surface area (Å²) in [6, 6.07) is 0.771. The Bertz CT molecular complexity index is 299. The summed E-state index contributed by atoms with van der Waals surface area (Å²) in [4.78, 5) is 4.50. The molecule has 0 aliphatic rings. The lowest BCUT2D eigenvalue weighted by Gasteiger charge is -2.40. The van der Waals surface area contributed by atoms with E-state index in [0.717, 1.165) is 13.1 Å². The van der Waals surface area contributed by atoms with Crippen LogP contribution >= 0.6 is 0 Å². The minimum absolute atomic E-state index is 0.0454. The second-order valence-corrected chi connectivity index (χ2v) is 7.41. The van der Waals surface area contributed by atoms with E-state index in [0.29, 0.717) is 23.9 Å². The Hall–Kier alpha value is -0.280. The van der Waals surface area contributed by atoms with Gasteiger partial charge in [0.1, 0.15) is 12.5 Å². The average molecular weight is 361 g/mol. The Morgan fingerprint density at radius 2 is 1.00 bits per heavy atom. The zero-order valence-electron chi connectivity index (χ0n) is 18.2. The first kappa shape index (κ1) is 24.7. The summed E-state index contributed by atoms with van der Waals surface area (Å²) in [5.74, 6) is 0.650. The van der Waals surface area contributed by atoms with Crippen molar-refractivity contribution in [2.75, 3.05) is 69.5 Å². The predicted octanol–water partition coefficient (Wildman–Crippen LogP) is -0.335. The van der Waals surface area contributed by atoms with Gasteiger partial charge in [0.25, 0.3) is 0 Å². The van der Waals surface area contributed by atoms with Crippen LogP contribution in [0.3, 0.4) is 0 Å². The first-order chi connectivity index (χ1) is 11.7. The molecule has 4 N–H and O–H groups in total. The van der Waals surface area contributed by atoms with Gasteiger partial charge in [0.05, 0.1) is 0 Å². The monoisotopic (exact) mass is 360 g/mol. The van der Waals surface area contributed by atoms with E-state index in [1.165, 1.54) is 0 Å². The van der Waals surface area contributed by atoms with Crippen molar-refractivity contribution in [2.45, 2.75) is 38.4 Å². The summed E-state index contributed by atoms with van der Waals surface area (Å²) in [6.07, 6.45) is -0.0907. The number of rotatable bonds is 14. The summed E-state index contributed by atoms with van der Waals surface area (Å²) >= 11 is 0. The molecule has 0 spiro atoms. The van der Waals surface area contributed by atoms with Crippen molar-refractivity contribution in [1.82, 2.24) is 31.1 Å². The molecular weight excluding hydrogens is 316 g/mol. The van der Waals surface area contributed by atoms with Gasteiger partial charge in [-0.05, 0) is 70.2 Å². The molecule has 152 valence electrons. The molecule has 0 aromatic heterocycles. The maximum atomic E-state index is 6.57. The number of nitrogens with zero attached hydrogens (tertiary/aromatic N) is 2. The van der Waals surface area contributed by atoms with Gasteiger partial charge in [-0.1, -0.05) is 0 Å². The van der Waals surface area contributed by atoms with E-state index in [2.05, 4.69) is 73.1 Å². The van der Waals surface area contributed by atoms with Crippen molar-refractivity contribution in [3.63, 3.8) is 0 Å². The molecule has 0 aromatic rings. The molecule has 0 radical (unpaired) electrons. The van der Waals surface area contributed by atoms with Crippen molar-refractivity contribution in [3.8, 4) is 0 Å².